The standard InChI is InChI=1S/C12H12N2O4/c15-10-3-1-2-4-11(10)18-9-7-13-14(8-9)6-5-12(16)17/h1-4,7-8,15H,5-6H2,(H,16,17). The molecular formula is C12H12N2O4. The molecule has 94 valence electrons. The number of para-hydroxylation sites is 2. The number of aliphatic carboxylic acids is 1. The lowest BCUT2D eigenvalue weighted by Crippen LogP contribution is -2.04. The second-order valence-electron chi connectivity index (χ2n) is 3.65. The lowest BCUT2D eigenvalue weighted by Gasteiger charge is -2.03. The number of aromatic hydroxyl groups is 1. The number of nitrogens with zero attached hydrogens (tertiary/aromatic N) is 2. The van der Waals surface area contributed by atoms with Crippen LogP contribution in [0.4, 0.5) is 0 Å². The summed E-state index contributed by atoms with van der Waals surface area (Å²) in [5.74, 6) is -0.0679. The molecule has 0 radical (unpaired) electrons. The van der Waals surface area contributed by atoms with Crippen LogP contribution in [0.3, 0.4) is 0 Å². The van der Waals surface area contributed by atoms with Crippen LogP contribution in [-0.4, -0.2) is 26.0 Å². The monoisotopic (exact) mass is 248 g/mol. The van der Waals surface area contributed by atoms with Crippen LogP contribution in [0, 0.1) is 0 Å². The molecule has 1 aromatic carbocycles. The van der Waals surface area contributed by atoms with Crippen molar-refractivity contribution >= 4 is 5.97 Å². The first-order chi connectivity index (χ1) is 8.65. The van der Waals surface area contributed by atoms with Crippen LogP contribution >= 0.6 is 0 Å². The number of benzene rings is 1. The molecule has 0 bridgehead atoms. The Morgan fingerprint density at radius 1 is 1.39 bits per heavy atom. The Bertz CT molecular complexity index is 551. The number of hydrogen-bond donors (Lipinski definition) is 2. The number of rotatable bonds is 5. The highest BCUT2D eigenvalue weighted by Crippen LogP contribution is 2.29. The molecule has 1 aromatic heterocycles. The minimum atomic E-state index is -0.881. The number of carboxylic acid groups (broad SMARTS) is 1. The number of aromatic nitrogens is 2. The van der Waals surface area contributed by atoms with Crippen LogP contribution in [-0.2, 0) is 11.3 Å². The number of hydrogen-bond acceptors (Lipinski definition) is 4. The van der Waals surface area contributed by atoms with Crippen LogP contribution in [0.1, 0.15) is 6.42 Å². The van der Waals surface area contributed by atoms with Gasteiger partial charge in [0.1, 0.15) is 0 Å². The fourth-order valence-corrected chi connectivity index (χ4v) is 1.40. The SMILES string of the molecule is O=C(O)CCn1cc(Oc2ccccc2O)cn1. The Hall–Kier alpha value is -2.50. The molecule has 0 unspecified atom stereocenters. The maximum Gasteiger partial charge on any atom is 0.305 e. The number of ether oxygens (including phenoxy) is 1. The zero-order valence-corrected chi connectivity index (χ0v) is 9.48. The lowest BCUT2D eigenvalue weighted by molar-refractivity contribution is -0.137. The third-order valence-corrected chi connectivity index (χ3v) is 2.26. The average molecular weight is 248 g/mol. The van der Waals surface area contributed by atoms with Gasteiger partial charge in [-0.3, -0.25) is 9.48 Å². The van der Waals surface area contributed by atoms with Gasteiger partial charge in [0.25, 0.3) is 0 Å². The summed E-state index contributed by atoms with van der Waals surface area (Å²) in [7, 11) is 0. The van der Waals surface area contributed by atoms with E-state index in [9.17, 15) is 9.90 Å². The molecule has 0 spiro atoms. The van der Waals surface area contributed by atoms with Gasteiger partial charge in [-0.05, 0) is 12.1 Å². The predicted octanol–water partition coefficient (Wildman–Crippen LogP) is 1.86. The van der Waals surface area contributed by atoms with Gasteiger partial charge >= 0.3 is 5.97 Å². The third-order valence-electron chi connectivity index (χ3n) is 2.26. The molecule has 0 atom stereocenters. The smallest absolute Gasteiger partial charge is 0.305 e. The Morgan fingerprint density at radius 3 is 2.89 bits per heavy atom. The van der Waals surface area contributed by atoms with E-state index in [1.54, 1.807) is 24.4 Å². The molecule has 18 heavy (non-hydrogen) atoms. The van der Waals surface area contributed by atoms with Crippen LogP contribution in [0.15, 0.2) is 36.7 Å². The number of carboxylic acids is 1. The van der Waals surface area contributed by atoms with Gasteiger partial charge in [-0.1, -0.05) is 12.1 Å². The Labute approximate surface area is 103 Å². The second kappa shape index (κ2) is 5.22. The molecule has 0 aliphatic heterocycles. The normalized spacial score (nSPS) is 10.2. The van der Waals surface area contributed by atoms with Gasteiger partial charge in [0.2, 0.25) is 0 Å². The molecule has 0 saturated heterocycles. The average Bonchev–Trinajstić information content (AvgIpc) is 2.77. The molecule has 2 rings (SSSR count). The molecule has 2 aromatic rings. The Kier molecular flexibility index (Phi) is 3.47. The lowest BCUT2D eigenvalue weighted by atomic mass is 10.3. The van der Waals surface area contributed by atoms with Crippen molar-refractivity contribution in [2.24, 2.45) is 0 Å². The molecule has 6 heteroatoms. The van der Waals surface area contributed by atoms with Crippen molar-refractivity contribution in [3.63, 3.8) is 0 Å². The summed E-state index contributed by atoms with van der Waals surface area (Å²) in [6.07, 6.45) is 3.04. The molecule has 0 fully saturated rings. The van der Waals surface area contributed by atoms with Crippen LogP contribution < -0.4 is 4.74 Å². The van der Waals surface area contributed by atoms with Crippen LogP contribution in [0.5, 0.6) is 17.2 Å². The van der Waals surface area contributed by atoms with Gasteiger partial charge in [0, 0.05) is 0 Å². The van der Waals surface area contributed by atoms with Crippen LogP contribution in [0.25, 0.3) is 0 Å². The van der Waals surface area contributed by atoms with E-state index in [0.29, 0.717) is 11.5 Å². The second-order valence-corrected chi connectivity index (χ2v) is 3.65. The quantitative estimate of drug-likeness (QED) is 0.843. The van der Waals surface area contributed by atoms with Gasteiger partial charge in [0.05, 0.1) is 25.4 Å². The van der Waals surface area contributed by atoms with Crippen molar-refractivity contribution < 1.29 is 19.7 Å². The maximum absolute atomic E-state index is 10.4. The van der Waals surface area contributed by atoms with Gasteiger partial charge in [-0.25, -0.2) is 0 Å². The summed E-state index contributed by atoms with van der Waals surface area (Å²) in [6, 6.07) is 6.58. The molecule has 1 heterocycles. The molecule has 2 N–H and O–H groups in total. The molecule has 0 aliphatic rings. The molecular weight excluding hydrogens is 236 g/mol. The summed E-state index contributed by atoms with van der Waals surface area (Å²) >= 11 is 0. The highest BCUT2D eigenvalue weighted by Gasteiger charge is 2.05. The Balaban J connectivity index is 2.02. The van der Waals surface area contributed by atoms with Gasteiger partial charge in [-0.2, -0.15) is 5.10 Å². The van der Waals surface area contributed by atoms with E-state index < -0.39 is 5.97 Å². The van der Waals surface area contributed by atoms with E-state index in [4.69, 9.17) is 9.84 Å². The fraction of sp³-hybridized carbons (Fsp3) is 0.167. The van der Waals surface area contributed by atoms with Gasteiger partial charge in [-0.15, -0.1) is 0 Å². The first-order valence-electron chi connectivity index (χ1n) is 5.35. The number of aryl methyl sites for hydroxylation is 1. The van der Waals surface area contributed by atoms with Crippen molar-refractivity contribution in [1.82, 2.24) is 9.78 Å². The van der Waals surface area contributed by atoms with E-state index in [1.807, 2.05) is 0 Å². The summed E-state index contributed by atoms with van der Waals surface area (Å²) < 4.78 is 6.89. The zero-order chi connectivity index (χ0) is 13.0. The van der Waals surface area contributed by atoms with Gasteiger partial charge < -0.3 is 14.9 Å². The molecule has 6 nitrogen and oxygen atoms in total. The number of carbonyl (C=O) groups is 1. The first-order valence-corrected chi connectivity index (χ1v) is 5.35. The van der Waals surface area contributed by atoms with Gasteiger partial charge in [0.15, 0.2) is 17.2 Å². The van der Waals surface area contributed by atoms with E-state index in [-0.39, 0.29) is 18.7 Å². The van der Waals surface area contributed by atoms with Crippen molar-refractivity contribution in [2.45, 2.75) is 13.0 Å². The molecule has 0 aliphatic carbocycles. The summed E-state index contributed by atoms with van der Waals surface area (Å²) in [4.78, 5) is 10.4. The third kappa shape index (κ3) is 3.00. The van der Waals surface area contributed by atoms with Crippen molar-refractivity contribution in [3.05, 3.63) is 36.7 Å². The fourth-order valence-electron chi connectivity index (χ4n) is 1.40. The summed E-state index contributed by atoms with van der Waals surface area (Å²) in [6.45, 7) is 0.277. The largest absolute Gasteiger partial charge is 0.504 e. The van der Waals surface area contributed by atoms with E-state index in [0.717, 1.165) is 0 Å². The summed E-state index contributed by atoms with van der Waals surface area (Å²) in [5.41, 5.74) is 0. The van der Waals surface area contributed by atoms with E-state index in [2.05, 4.69) is 5.10 Å². The highest BCUT2D eigenvalue weighted by molar-refractivity contribution is 5.66. The number of phenols is 1. The highest BCUT2D eigenvalue weighted by atomic mass is 16.5. The van der Waals surface area contributed by atoms with Crippen molar-refractivity contribution in [3.8, 4) is 17.2 Å². The maximum atomic E-state index is 10.4. The van der Waals surface area contributed by atoms with E-state index >= 15 is 0 Å². The molecule has 0 saturated carbocycles. The predicted molar refractivity (Wildman–Crippen MR) is 62.7 cm³/mol. The number of phenolic OH excluding ortho intramolecular Hbond substituents is 1. The summed E-state index contributed by atoms with van der Waals surface area (Å²) in [5, 5.41) is 22.0. The van der Waals surface area contributed by atoms with E-state index in [1.165, 1.54) is 16.9 Å². The Morgan fingerprint density at radius 2 is 2.17 bits per heavy atom. The minimum absolute atomic E-state index is 0.00227. The topological polar surface area (TPSA) is 84.6 Å². The zero-order valence-electron chi connectivity index (χ0n) is 9.48. The molecule has 0 amide bonds. The van der Waals surface area contributed by atoms with Crippen molar-refractivity contribution in [1.29, 1.82) is 0 Å². The van der Waals surface area contributed by atoms with Crippen LogP contribution in [0.2, 0.25) is 0 Å². The first kappa shape index (κ1) is 12.0. The minimum Gasteiger partial charge on any atom is -0.504 e. The van der Waals surface area contributed by atoms with Crippen molar-refractivity contribution in [2.75, 3.05) is 0 Å².